The molecular weight excluding hydrogens is 304 g/mol. The minimum Gasteiger partial charge on any atom is -0.348 e. The fraction of sp³-hybridized carbons (Fsp3) is 0.714. The van der Waals surface area contributed by atoms with E-state index in [0.29, 0.717) is 19.6 Å². The molecule has 2 atom stereocenters. The van der Waals surface area contributed by atoms with Crippen molar-refractivity contribution in [3.05, 3.63) is 18.2 Å². The van der Waals surface area contributed by atoms with Gasteiger partial charge in [0.2, 0.25) is 5.91 Å². The molecular formula is C14H20N4O3S. The molecule has 1 N–H and O–H groups in total. The number of H-pyrrole nitrogens is 1. The molecule has 7 nitrogen and oxygen atoms in total. The van der Waals surface area contributed by atoms with E-state index >= 15 is 0 Å². The van der Waals surface area contributed by atoms with Crippen molar-refractivity contribution in [3.63, 3.8) is 0 Å². The van der Waals surface area contributed by atoms with Crippen LogP contribution in [0, 0.1) is 5.92 Å². The summed E-state index contributed by atoms with van der Waals surface area (Å²) in [5.74, 6) is 1.38. The maximum absolute atomic E-state index is 12.4. The fourth-order valence-electron chi connectivity index (χ4n) is 3.64. The summed E-state index contributed by atoms with van der Waals surface area (Å²) in [6.45, 7) is 1.93. The molecule has 1 saturated carbocycles. The van der Waals surface area contributed by atoms with Gasteiger partial charge in [-0.2, -0.15) is 0 Å². The first-order valence-corrected chi connectivity index (χ1v) is 9.59. The van der Waals surface area contributed by atoms with Crippen molar-refractivity contribution in [2.45, 2.75) is 31.5 Å². The predicted octanol–water partition coefficient (Wildman–Crippen LogP) is -0.370. The van der Waals surface area contributed by atoms with Gasteiger partial charge in [-0.3, -0.25) is 9.69 Å². The molecule has 120 valence electrons. The second-order valence-electron chi connectivity index (χ2n) is 6.52. The Bertz CT molecular complexity index is 668. The van der Waals surface area contributed by atoms with Crippen LogP contribution in [-0.2, 0) is 21.2 Å². The molecule has 1 aromatic rings. The number of imidazole rings is 1. The molecule has 3 fully saturated rings. The van der Waals surface area contributed by atoms with E-state index in [1.54, 1.807) is 12.4 Å². The van der Waals surface area contributed by atoms with Crippen molar-refractivity contribution in [2.24, 2.45) is 5.92 Å². The number of carbonyl (C=O) groups excluding carboxylic acids is 1. The molecule has 1 aromatic heterocycles. The Balaban J connectivity index is 1.56. The maximum atomic E-state index is 12.4. The number of aromatic nitrogens is 2. The van der Waals surface area contributed by atoms with Crippen LogP contribution >= 0.6 is 0 Å². The van der Waals surface area contributed by atoms with Gasteiger partial charge in [0.1, 0.15) is 5.82 Å². The lowest BCUT2D eigenvalue weighted by atomic mass is 10.0. The third kappa shape index (κ3) is 2.54. The van der Waals surface area contributed by atoms with Gasteiger partial charge >= 0.3 is 0 Å². The third-order valence-electron chi connectivity index (χ3n) is 4.91. The van der Waals surface area contributed by atoms with Gasteiger partial charge in [-0.25, -0.2) is 13.4 Å². The largest absolute Gasteiger partial charge is 0.348 e. The quantitative estimate of drug-likeness (QED) is 0.820. The monoisotopic (exact) mass is 324 g/mol. The zero-order valence-electron chi connectivity index (χ0n) is 12.3. The van der Waals surface area contributed by atoms with E-state index in [4.69, 9.17) is 0 Å². The number of nitrogens with one attached hydrogen (secondary N) is 1. The molecule has 2 saturated heterocycles. The van der Waals surface area contributed by atoms with E-state index in [2.05, 4.69) is 14.9 Å². The Kier molecular flexibility index (Phi) is 3.26. The van der Waals surface area contributed by atoms with Crippen LogP contribution in [0.3, 0.4) is 0 Å². The lowest BCUT2D eigenvalue weighted by Gasteiger charge is -2.43. The lowest BCUT2D eigenvalue weighted by molar-refractivity contribution is -0.138. The van der Waals surface area contributed by atoms with Crippen molar-refractivity contribution in [3.8, 4) is 0 Å². The van der Waals surface area contributed by atoms with Crippen LogP contribution in [0.15, 0.2) is 12.4 Å². The first-order valence-electron chi connectivity index (χ1n) is 7.77. The van der Waals surface area contributed by atoms with Crippen molar-refractivity contribution in [1.82, 2.24) is 19.8 Å². The van der Waals surface area contributed by atoms with E-state index in [1.807, 2.05) is 4.90 Å². The smallest absolute Gasteiger partial charge is 0.226 e. The van der Waals surface area contributed by atoms with Gasteiger partial charge in [0.25, 0.3) is 0 Å². The zero-order valence-corrected chi connectivity index (χ0v) is 13.1. The molecule has 0 unspecified atom stereocenters. The number of fused-ring (bicyclic) bond motifs is 1. The standard InChI is InChI=1S/C14H20N4O3S/c19-14(10-1-2-10)18-6-5-17(7-13-15-3-4-16-13)11-8-22(20,21)9-12(11)18/h3-4,10-12H,1-2,5-9H2,(H,15,16)/t11-,12+/m0/s1. The highest BCUT2D eigenvalue weighted by Gasteiger charge is 2.49. The number of amides is 1. The highest BCUT2D eigenvalue weighted by atomic mass is 32.2. The van der Waals surface area contributed by atoms with Crippen LogP contribution in [-0.4, -0.2) is 70.8 Å². The van der Waals surface area contributed by atoms with Crippen LogP contribution in [0.2, 0.25) is 0 Å². The number of aromatic amines is 1. The molecule has 0 spiro atoms. The SMILES string of the molecule is O=C(C1CC1)N1CCN(Cc2ncc[nH]2)[C@H]2CS(=O)(=O)C[C@H]21. The highest BCUT2D eigenvalue weighted by Crippen LogP contribution is 2.35. The average Bonchev–Trinajstić information content (AvgIpc) is 3.09. The van der Waals surface area contributed by atoms with Crippen molar-refractivity contribution < 1.29 is 13.2 Å². The minimum atomic E-state index is -3.08. The molecule has 3 heterocycles. The molecule has 22 heavy (non-hydrogen) atoms. The molecule has 0 radical (unpaired) electrons. The van der Waals surface area contributed by atoms with Gasteiger partial charge in [0.15, 0.2) is 9.84 Å². The van der Waals surface area contributed by atoms with Gasteiger partial charge in [0, 0.05) is 37.4 Å². The molecule has 0 bridgehead atoms. The molecule has 1 amide bonds. The summed E-state index contributed by atoms with van der Waals surface area (Å²) < 4.78 is 24.2. The second-order valence-corrected chi connectivity index (χ2v) is 8.68. The Hall–Kier alpha value is -1.41. The number of sulfone groups is 1. The van der Waals surface area contributed by atoms with Gasteiger partial charge in [-0.15, -0.1) is 0 Å². The van der Waals surface area contributed by atoms with E-state index in [9.17, 15) is 13.2 Å². The summed E-state index contributed by atoms with van der Waals surface area (Å²) >= 11 is 0. The number of carbonyl (C=O) groups is 1. The van der Waals surface area contributed by atoms with Crippen LogP contribution in [0.5, 0.6) is 0 Å². The van der Waals surface area contributed by atoms with Gasteiger partial charge in [-0.1, -0.05) is 0 Å². The maximum Gasteiger partial charge on any atom is 0.226 e. The molecule has 4 rings (SSSR count). The topological polar surface area (TPSA) is 86.4 Å². The van der Waals surface area contributed by atoms with E-state index < -0.39 is 9.84 Å². The Morgan fingerprint density at radius 3 is 2.73 bits per heavy atom. The van der Waals surface area contributed by atoms with Crippen LogP contribution in [0.25, 0.3) is 0 Å². The fourth-order valence-corrected chi connectivity index (χ4v) is 5.65. The van der Waals surface area contributed by atoms with Gasteiger partial charge in [0.05, 0.1) is 24.1 Å². The van der Waals surface area contributed by atoms with Crippen molar-refractivity contribution in [2.75, 3.05) is 24.6 Å². The zero-order chi connectivity index (χ0) is 15.3. The van der Waals surface area contributed by atoms with E-state index in [-0.39, 0.29) is 35.4 Å². The molecule has 0 aromatic carbocycles. The normalized spacial score (nSPS) is 31.2. The average molecular weight is 324 g/mol. The molecule has 2 aliphatic heterocycles. The van der Waals surface area contributed by atoms with E-state index in [1.165, 1.54) is 0 Å². The van der Waals surface area contributed by atoms with Gasteiger partial charge in [-0.05, 0) is 12.8 Å². The van der Waals surface area contributed by atoms with Gasteiger partial charge < -0.3 is 9.88 Å². The second kappa shape index (κ2) is 5.06. The van der Waals surface area contributed by atoms with E-state index in [0.717, 1.165) is 18.7 Å². The Morgan fingerprint density at radius 2 is 2.05 bits per heavy atom. The molecule has 3 aliphatic rings. The van der Waals surface area contributed by atoms with Crippen LogP contribution < -0.4 is 0 Å². The van der Waals surface area contributed by atoms with Crippen molar-refractivity contribution >= 4 is 15.7 Å². The van der Waals surface area contributed by atoms with Crippen molar-refractivity contribution in [1.29, 1.82) is 0 Å². The highest BCUT2D eigenvalue weighted by molar-refractivity contribution is 7.91. The first-order chi connectivity index (χ1) is 10.5. The van der Waals surface area contributed by atoms with Crippen LogP contribution in [0.1, 0.15) is 18.7 Å². The number of rotatable bonds is 3. The summed E-state index contributed by atoms with van der Waals surface area (Å²) in [4.78, 5) is 23.7. The Morgan fingerprint density at radius 1 is 1.27 bits per heavy atom. The summed E-state index contributed by atoms with van der Waals surface area (Å²) in [6.07, 6.45) is 5.38. The number of nitrogens with zero attached hydrogens (tertiary/aromatic N) is 3. The number of piperazine rings is 1. The molecule has 1 aliphatic carbocycles. The number of hydrogen-bond donors (Lipinski definition) is 1. The lowest BCUT2D eigenvalue weighted by Crippen LogP contribution is -2.60. The summed E-state index contributed by atoms with van der Waals surface area (Å²) in [6, 6.07) is -0.298. The summed E-state index contributed by atoms with van der Waals surface area (Å²) in [7, 11) is -3.08. The number of hydrogen-bond acceptors (Lipinski definition) is 5. The first kappa shape index (κ1) is 14.2. The third-order valence-corrected chi connectivity index (χ3v) is 6.61. The minimum absolute atomic E-state index is 0.102. The summed E-state index contributed by atoms with van der Waals surface area (Å²) in [5.41, 5.74) is 0. The Labute approximate surface area is 129 Å². The van der Waals surface area contributed by atoms with Crippen LogP contribution in [0.4, 0.5) is 0 Å². The molecule has 8 heteroatoms. The predicted molar refractivity (Wildman–Crippen MR) is 79.7 cm³/mol. The summed E-state index contributed by atoms with van der Waals surface area (Å²) in [5, 5.41) is 0.